The van der Waals surface area contributed by atoms with Crippen LogP contribution in [0.4, 0.5) is 5.82 Å². The molecule has 0 spiro atoms. The highest BCUT2D eigenvalue weighted by Crippen LogP contribution is 2.44. The smallest absolute Gasteiger partial charge is 0.172 e. The van der Waals surface area contributed by atoms with Gasteiger partial charge in [0.25, 0.3) is 0 Å². The number of aryl methyl sites for hydroxylation is 1. The van der Waals surface area contributed by atoms with Gasteiger partial charge in [0.05, 0.1) is 16.3 Å². The Kier molecular flexibility index (Phi) is 2.56. The molecular weight excluding hydrogens is 254 g/mol. The molecule has 2 aromatic rings. The summed E-state index contributed by atoms with van der Waals surface area (Å²) in [5.74, 6) is 1.88. The summed E-state index contributed by atoms with van der Waals surface area (Å²) in [6, 6.07) is 5.33. The van der Waals surface area contributed by atoms with Crippen molar-refractivity contribution < 1.29 is 9.47 Å². The van der Waals surface area contributed by atoms with Crippen molar-refractivity contribution in [3.63, 3.8) is 0 Å². The molecule has 0 saturated carbocycles. The average molecular weight is 266 g/mol. The first kappa shape index (κ1) is 11.2. The van der Waals surface area contributed by atoms with Crippen LogP contribution in [0.1, 0.15) is 0 Å². The standard InChI is InChI=1S/C12H12ClN3O2/c1-16-10(14)6-8(15-16)11-7(13)2-3-9-12(11)18-5-4-17-9/h2-3,6H,4-5,14H2,1H3. The van der Waals surface area contributed by atoms with Crippen LogP contribution in [0.15, 0.2) is 18.2 Å². The van der Waals surface area contributed by atoms with Gasteiger partial charge in [0, 0.05) is 13.1 Å². The maximum absolute atomic E-state index is 6.23. The van der Waals surface area contributed by atoms with Gasteiger partial charge in [-0.05, 0) is 12.1 Å². The molecular formula is C12H12ClN3O2. The van der Waals surface area contributed by atoms with Gasteiger partial charge in [0.15, 0.2) is 11.5 Å². The van der Waals surface area contributed by atoms with E-state index in [-0.39, 0.29) is 0 Å². The lowest BCUT2D eigenvalue weighted by molar-refractivity contribution is 0.172. The van der Waals surface area contributed by atoms with Crippen LogP contribution < -0.4 is 15.2 Å². The molecule has 0 unspecified atom stereocenters. The Morgan fingerprint density at radius 3 is 2.83 bits per heavy atom. The molecule has 1 aromatic carbocycles. The van der Waals surface area contributed by atoms with Crippen molar-refractivity contribution in [3.8, 4) is 22.8 Å². The third-order valence-electron chi connectivity index (χ3n) is 2.83. The number of ether oxygens (including phenoxy) is 2. The molecule has 0 fully saturated rings. The fourth-order valence-electron chi connectivity index (χ4n) is 1.93. The fourth-order valence-corrected chi connectivity index (χ4v) is 2.18. The maximum atomic E-state index is 6.23. The van der Waals surface area contributed by atoms with Crippen molar-refractivity contribution in [2.75, 3.05) is 18.9 Å². The molecule has 5 nitrogen and oxygen atoms in total. The molecule has 0 amide bonds. The van der Waals surface area contributed by atoms with E-state index in [1.807, 2.05) is 0 Å². The van der Waals surface area contributed by atoms with E-state index < -0.39 is 0 Å². The minimum Gasteiger partial charge on any atom is -0.486 e. The maximum Gasteiger partial charge on any atom is 0.172 e. The van der Waals surface area contributed by atoms with Gasteiger partial charge in [0.1, 0.15) is 19.0 Å². The number of fused-ring (bicyclic) bond motifs is 1. The number of nitrogens with two attached hydrogens (primary N) is 1. The molecule has 2 heterocycles. The first-order valence-corrected chi connectivity index (χ1v) is 5.92. The highest BCUT2D eigenvalue weighted by molar-refractivity contribution is 6.33. The zero-order valence-corrected chi connectivity index (χ0v) is 10.6. The van der Waals surface area contributed by atoms with E-state index >= 15 is 0 Å². The number of hydrogen-bond acceptors (Lipinski definition) is 4. The number of nitrogen functional groups attached to an aromatic ring is 1. The zero-order valence-electron chi connectivity index (χ0n) is 9.81. The van der Waals surface area contributed by atoms with E-state index in [9.17, 15) is 0 Å². The Labute approximate surface area is 109 Å². The van der Waals surface area contributed by atoms with Crippen molar-refractivity contribution in [1.82, 2.24) is 9.78 Å². The molecule has 94 valence electrons. The van der Waals surface area contributed by atoms with E-state index in [2.05, 4.69) is 5.10 Å². The van der Waals surface area contributed by atoms with E-state index in [0.717, 1.165) is 5.56 Å². The van der Waals surface area contributed by atoms with Crippen LogP contribution in [0.5, 0.6) is 11.5 Å². The SMILES string of the molecule is Cn1nc(-c2c(Cl)ccc3c2OCCO3)cc1N. The van der Waals surface area contributed by atoms with E-state index in [1.165, 1.54) is 0 Å². The second-order valence-electron chi connectivity index (χ2n) is 4.02. The summed E-state index contributed by atoms with van der Waals surface area (Å²) in [4.78, 5) is 0. The number of benzene rings is 1. The Hall–Kier alpha value is -1.88. The van der Waals surface area contributed by atoms with Crippen LogP contribution in [0.25, 0.3) is 11.3 Å². The first-order chi connectivity index (χ1) is 8.66. The summed E-state index contributed by atoms with van der Waals surface area (Å²) in [5.41, 5.74) is 7.20. The van der Waals surface area contributed by atoms with Gasteiger partial charge in [-0.15, -0.1) is 0 Å². The monoisotopic (exact) mass is 265 g/mol. The quantitative estimate of drug-likeness (QED) is 0.858. The summed E-state index contributed by atoms with van der Waals surface area (Å²) in [6.07, 6.45) is 0. The minimum absolute atomic E-state index is 0.503. The number of halogens is 1. The van der Waals surface area contributed by atoms with Crippen LogP contribution in [-0.4, -0.2) is 23.0 Å². The summed E-state index contributed by atoms with van der Waals surface area (Å²) in [6.45, 7) is 1.04. The molecule has 1 aromatic heterocycles. The van der Waals surface area contributed by atoms with Gasteiger partial charge in [-0.1, -0.05) is 11.6 Å². The van der Waals surface area contributed by atoms with Crippen molar-refractivity contribution in [1.29, 1.82) is 0 Å². The van der Waals surface area contributed by atoms with Gasteiger partial charge < -0.3 is 15.2 Å². The Morgan fingerprint density at radius 1 is 1.33 bits per heavy atom. The van der Waals surface area contributed by atoms with Gasteiger partial charge >= 0.3 is 0 Å². The fraction of sp³-hybridized carbons (Fsp3) is 0.250. The number of nitrogens with zero attached hydrogens (tertiary/aromatic N) is 2. The van der Waals surface area contributed by atoms with E-state index in [1.54, 1.807) is 29.9 Å². The number of rotatable bonds is 1. The number of aromatic nitrogens is 2. The molecule has 6 heteroatoms. The van der Waals surface area contributed by atoms with Crippen molar-refractivity contribution in [2.45, 2.75) is 0 Å². The molecule has 0 radical (unpaired) electrons. The van der Waals surface area contributed by atoms with Crippen molar-refractivity contribution in [3.05, 3.63) is 23.2 Å². The zero-order chi connectivity index (χ0) is 12.7. The molecule has 2 N–H and O–H groups in total. The van der Waals surface area contributed by atoms with Crippen molar-refractivity contribution >= 4 is 17.4 Å². The lowest BCUT2D eigenvalue weighted by atomic mass is 10.1. The van der Waals surface area contributed by atoms with Gasteiger partial charge in [-0.25, -0.2) is 0 Å². The minimum atomic E-state index is 0.503. The van der Waals surface area contributed by atoms with Gasteiger partial charge in [-0.3, -0.25) is 4.68 Å². The van der Waals surface area contributed by atoms with Crippen molar-refractivity contribution in [2.24, 2.45) is 7.05 Å². The molecule has 18 heavy (non-hydrogen) atoms. The molecule has 1 aliphatic rings. The average Bonchev–Trinajstić information content (AvgIpc) is 2.69. The normalized spacial score (nSPS) is 13.7. The van der Waals surface area contributed by atoms with Crippen LogP contribution >= 0.6 is 11.6 Å². The molecule has 1 aliphatic heterocycles. The number of hydrogen-bond donors (Lipinski definition) is 1. The first-order valence-electron chi connectivity index (χ1n) is 5.55. The Morgan fingerprint density at radius 2 is 2.11 bits per heavy atom. The third kappa shape index (κ3) is 1.67. The van der Waals surface area contributed by atoms with E-state index in [0.29, 0.717) is 41.2 Å². The largest absolute Gasteiger partial charge is 0.486 e. The highest BCUT2D eigenvalue weighted by Gasteiger charge is 2.22. The predicted molar refractivity (Wildman–Crippen MR) is 69.1 cm³/mol. The van der Waals surface area contributed by atoms with Crippen LogP contribution in [0.2, 0.25) is 5.02 Å². The van der Waals surface area contributed by atoms with Crippen LogP contribution in [0.3, 0.4) is 0 Å². The molecule has 0 bridgehead atoms. The second kappa shape index (κ2) is 4.10. The summed E-state index contributed by atoms with van der Waals surface area (Å²) >= 11 is 6.23. The van der Waals surface area contributed by atoms with E-state index in [4.69, 9.17) is 26.8 Å². The summed E-state index contributed by atoms with van der Waals surface area (Å²) in [7, 11) is 1.78. The van der Waals surface area contributed by atoms with Gasteiger partial charge in [-0.2, -0.15) is 5.10 Å². The molecule has 0 atom stereocenters. The molecule has 0 saturated heterocycles. The summed E-state index contributed by atoms with van der Waals surface area (Å²) < 4.78 is 12.8. The Balaban J connectivity index is 2.21. The lowest BCUT2D eigenvalue weighted by Crippen LogP contribution is -2.16. The van der Waals surface area contributed by atoms with Gasteiger partial charge in [0.2, 0.25) is 0 Å². The topological polar surface area (TPSA) is 62.3 Å². The summed E-state index contributed by atoms with van der Waals surface area (Å²) in [5, 5.41) is 4.89. The predicted octanol–water partition coefficient (Wildman–Crippen LogP) is 2.09. The van der Waals surface area contributed by atoms with Crippen LogP contribution in [0, 0.1) is 0 Å². The highest BCUT2D eigenvalue weighted by atomic mass is 35.5. The second-order valence-corrected chi connectivity index (χ2v) is 4.43. The molecule has 3 rings (SSSR count). The number of anilines is 1. The van der Waals surface area contributed by atoms with Crippen LogP contribution in [-0.2, 0) is 7.05 Å². The Bertz CT molecular complexity index is 590. The lowest BCUT2D eigenvalue weighted by Gasteiger charge is -2.21. The third-order valence-corrected chi connectivity index (χ3v) is 3.15. The molecule has 0 aliphatic carbocycles.